The Labute approximate surface area is 182 Å². The van der Waals surface area contributed by atoms with Gasteiger partial charge in [0, 0.05) is 41.6 Å². The van der Waals surface area contributed by atoms with E-state index in [0.717, 1.165) is 98.9 Å². The average molecular weight is 426 g/mol. The normalized spacial score (nSPS) is 14.7. The summed E-state index contributed by atoms with van der Waals surface area (Å²) in [6.45, 7) is 4.96. The number of hydrogen-bond acceptors (Lipinski definition) is 4. The molecule has 4 rings (SSSR count). The Hall–Kier alpha value is -2.50. The quantitative estimate of drug-likeness (QED) is 0.403. The van der Waals surface area contributed by atoms with Gasteiger partial charge in [0.15, 0.2) is 5.58 Å². The van der Waals surface area contributed by atoms with Crippen LogP contribution in [0.3, 0.4) is 0 Å². The first kappa shape index (κ1) is 21.7. The van der Waals surface area contributed by atoms with Crippen molar-refractivity contribution in [3.05, 3.63) is 57.1 Å². The number of rotatable bonds is 9. The van der Waals surface area contributed by atoms with Gasteiger partial charge in [0.25, 0.3) is 5.56 Å². The number of benzene rings is 1. The maximum atomic E-state index is 13.5. The zero-order chi connectivity index (χ0) is 21.8. The van der Waals surface area contributed by atoms with Crippen molar-refractivity contribution >= 4 is 11.0 Å². The Balaban J connectivity index is 1.36. The third-order valence-electron chi connectivity index (χ3n) is 6.55. The number of aromatic nitrogens is 3. The van der Waals surface area contributed by atoms with Crippen molar-refractivity contribution in [3.63, 3.8) is 0 Å². The highest BCUT2D eigenvalue weighted by Crippen LogP contribution is 2.32. The van der Waals surface area contributed by atoms with E-state index in [4.69, 9.17) is 9.51 Å². The number of hydrogen-bond donors (Lipinski definition) is 0. The predicted octanol–water partition coefficient (Wildman–Crippen LogP) is 5.86. The fourth-order valence-corrected chi connectivity index (χ4v) is 4.88. The molecule has 1 atom stereocenters. The fraction of sp³-hybridized carbons (Fsp3) is 0.560. The van der Waals surface area contributed by atoms with Crippen LogP contribution in [0.15, 0.2) is 27.5 Å². The van der Waals surface area contributed by atoms with Crippen molar-refractivity contribution in [2.75, 3.05) is 0 Å². The maximum absolute atomic E-state index is 13.5. The van der Waals surface area contributed by atoms with Crippen molar-refractivity contribution in [2.45, 2.75) is 90.5 Å². The molecule has 2 aromatic heterocycles. The molecular formula is C25H32FN3O2. The summed E-state index contributed by atoms with van der Waals surface area (Å²) in [5.41, 5.74) is 3.44. The minimum Gasteiger partial charge on any atom is -0.356 e. The number of nitrogens with zero attached hydrogens (tertiary/aromatic N) is 3. The van der Waals surface area contributed by atoms with Crippen molar-refractivity contribution < 1.29 is 8.91 Å². The minimum absolute atomic E-state index is 0.173. The lowest BCUT2D eigenvalue weighted by Gasteiger charge is -2.19. The number of unbranched alkanes of at least 4 members (excludes halogenated alkanes) is 2. The summed E-state index contributed by atoms with van der Waals surface area (Å²) >= 11 is 0. The lowest BCUT2D eigenvalue weighted by atomic mass is 9.91. The van der Waals surface area contributed by atoms with Crippen LogP contribution in [0.25, 0.3) is 11.0 Å². The molecule has 0 spiro atoms. The molecule has 0 saturated heterocycles. The zero-order valence-electron chi connectivity index (χ0n) is 18.6. The summed E-state index contributed by atoms with van der Waals surface area (Å²) in [4.78, 5) is 17.6. The molecular weight excluding hydrogens is 393 g/mol. The van der Waals surface area contributed by atoms with E-state index >= 15 is 0 Å². The van der Waals surface area contributed by atoms with Gasteiger partial charge in [0.1, 0.15) is 11.6 Å². The smallest absolute Gasteiger partial charge is 0.256 e. The van der Waals surface area contributed by atoms with E-state index in [9.17, 15) is 9.18 Å². The summed E-state index contributed by atoms with van der Waals surface area (Å²) < 4.78 is 20.7. The Kier molecular flexibility index (Phi) is 6.83. The molecule has 0 N–H and O–H groups in total. The fourth-order valence-electron chi connectivity index (χ4n) is 4.88. The first-order valence-electron chi connectivity index (χ1n) is 11.7. The Morgan fingerprint density at radius 3 is 2.90 bits per heavy atom. The summed E-state index contributed by atoms with van der Waals surface area (Å²) in [5, 5.41) is 5.19. The molecule has 0 saturated carbocycles. The molecule has 6 heteroatoms. The van der Waals surface area contributed by atoms with Gasteiger partial charge in [-0.05, 0) is 57.6 Å². The molecule has 5 nitrogen and oxygen atoms in total. The Morgan fingerprint density at radius 1 is 1.19 bits per heavy atom. The second-order valence-corrected chi connectivity index (χ2v) is 8.80. The standard InChI is InChI=1S/C25H32FN3O2/c1-3-9-18(24-21-14-13-19(26)16-22(21)31-28-24)10-5-4-6-11-20-17(2)27-23-12-7-8-15-29(23)25(20)30/h13-14,16,18H,3-12,15H2,1-2H3. The van der Waals surface area contributed by atoms with E-state index in [1.54, 1.807) is 6.07 Å². The van der Waals surface area contributed by atoms with E-state index in [2.05, 4.69) is 12.1 Å². The largest absolute Gasteiger partial charge is 0.356 e. The SMILES string of the molecule is CCCC(CCCCCc1c(C)nc2n(c1=O)CCCC2)c1noc2cc(F)ccc12. The maximum Gasteiger partial charge on any atom is 0.256 e. The van der Waals surface area contributed by atoms with Gasteiger partial charge in [-0.15, -0.1) is 0 Å². The summed E-state index contributed by atoms with van der Waals surface area (Å²) in [7, 11) is 0. The highest BCUT2D eigenvalue weighted by molar-refractivity contribution is 5.79. The number of halogens is 1. The molecule has 0 amide bonds. The molecule has 0 radical (unpaired) electrons. The van der Waals surface area contributed by atoms with Crippen molar-refractivity contribution in [2.24, 2.45) is 0 Å². The molecule has 166 valence electrons. The van der Waals surface area contributed by atoms with Gasteiger partial charge in [-0.3, -0.25) is 9.36 Å². The van der Waals surface area contributed by atoms with Crippen LogP contribution in [0, 0.1) is 12.7 Å². The molecule has 1 aliphatic heterocycles. The molecule has 31 heavy (non-hydrogen) atoms. The van der Waals surface area contributed by atoms with Crippen molar-refractivity contribution in [3.8, 4) is 0 Å². The summed E-state index contributed by atoms with van der Waals surface area (Å²) in [5.74, 6) is 0.971. The minimum atomic E-state index is -0.301. The number of aryl methyl sites for hydroxylation is 2. The van der Waals surface area contributed by atoms with Gasteiger partial charge in [-0.2, -0.15) is 0 Å². The zero-order valence-corrected chi connectivity index (χ0v) is 18.6. The van der Waals surface area contributed by atoms with Crippen LogP contribution in [-0.2, 0) is 19.4 Å². The predicted molar refractivity (Wildman–Crippen MR) is 120 cm³/mol. The molecule has 1 aliphatic rings. The molecule has 3 aromatic rings. The van der Waals surface area contributed by atoms with Crippen molar-refractivity contribution in [1.29, 1.82) is 0 Å². The molecule has 0 aliphatic carbocycles. The number of fused-ring (bicyclic) bond motifs is 2. The Bertz CT molecular complexity index is 1100. The van der Waals surface area contributed by atoms with Crippen LogP contribution in [0.5, 0.6) is 0 Å². The van der Waals surface area contributed by atoms with Gasteiger partial charge in [-0.25, -0.2) is 9.37 Å². The monoisotopic (exact) mass is 425 g/mol. The lowest BCUT2D eigenvalue weighted by molar-refractivity contribution is 0.420. The summed E-state index contributed by atoms with van der Waals surface area (Å²) in [6, 6.07) is 4.65. The van der Waals surface area contributed by atoms with E-state index < -0.39 is 0 Å². The van der Waals surface area contributed by atoms with Crippen LogP contribution in [0.1, 0.15) is 87.0 Å². The van der Waals surface area contributed by atoms with Crippen molar-refractivity contribution in [1.82, 2.24) is 14.7 Å². The van der Waals surface area contributed by atoms with Gasteiger partial charge in [-0.1, -0.05) is 31.3 Å². The summed E-state index contributed by atoms with van der Waals surface area (Å²) in [6.07, 6.45) is 10.1. The molecule has 0 bridgehead atoms. The van der Waals surface area contributed by atoms with E-state index in [0.29, 0.717) is 11.5 Å². The molecule has 3 heterocycles. The van der Waals surface area contributed by atoms with Crippen LogP contribution in [-0.4, -0.2) is 14.7 Å². The molecule has 0 fully saturated rings. The Morgan fingerprint density at radius 2 is 2.06 bits per heavy atom. The second-order valence-electron chi connectivity index (χ2n) is 8.80. The third kappa shape index (κ3) is 4.73. The highest BCUT2D eigenvalue weighted by Gasteiger charge is 2.20. The third-order valence-corrected chi connectivity index (χ3v) is 6.55. The van der Waals surface area contributed by atoms with E-state index in [-0.39, 0.29) is 11.4 Å². The highest BCUT2D eigenvalue weighted by atomic mass is 19.1. The lowest BCUT2D eigenvalue weighted by Crippen LogP contribution is -2.32. The van der Waals surface area contributed by atoms with E-state index in [1.807, 2.05) is 11.5 Å². The second kappa shape index (κ2) is 9.75. The molecule has 1 aromatic carbocycles. The first-order chi connectivity index (χ1) is 15.1. The van der Waals surface area contributed by atoms with Crippen LogP contribution in [0.4, 0.5) is 4.39 Å². The van der Waals surface area contributed by atoms with Crippen LogP contribution >= 0.6 is 0 Å². The van der Waals surface area contributed by atoms with Gasteiger partial charge in [0.2, 0.25) is 0 Å². The first-order valence-corrected chi connectivity index (χ1v) is 11.7. The molecule has 1 unspecified atom stereocenters. The van der Waals surface area contributed by atoms with E-state index in [1.165, 1.54) is 12.1 Å². The van der Waals surface area contributed by atoms with Crippen LogP contribution in [0.2, 0.25) is 0 Å². The van der Waals surface area contributed by atoms with Gasteiger partial charge < -0.3 is 4.52 Å². The van der Waals surface area contributed by atoms with Gasteiger partial charge >= 0.3 is 0 Å². The average Bonchev–Trinajstić information content (AvgIpc) is 3.17. The topological polar surface area (TPSA) is 60.9 Å². The van der Waals surface area contributed by atoms with Crippen LogP contribution < -0.4 is 5.56 Å². The van der Waals surface area contributed by atoms with Gasteiger partial charge in [0.05, 0.1) is 5.69 Å².